The Kier molecular flexibility index (Phi) is 4.58. The molecular weight excluding hydrogens is 206 g/mol. The summed E-state index contributed by atoms with van der Waals surface area (Å²) in [6, 6.07) is 4.93. The largest absolute Gasteiger partial charge is 0.496 e. The van der Waals surface area contributed by atoms with E-state index in [2.05, 4.69) is 0 Å². The van der Waals surface area contributed by atoms with E-state index in [1.807, 2.05) is 13.0 Å². The van der Waals surface area contributed by atoms with Crippen molar-refractivity contribution in [2.75, 3.05) is 14.2 Å². The Labute approximate surface area is 96.0 Å². The van der Waals surface area contributed by atoms with Crippen LogP contribution < -0.4 is 15.2 Å². The zero-order valence-corrected chi connectivity index (χ0v) is 9.93. The van der Waals surface area contributed by atoms with Crippen molar-refractivity contribution >= 4 is 0 Å². The van der Waals surface area contributed by atoms with E-state index >= 15 is 0 Å². The standard InChI is InChI=1S/C12H19NO3/c1-4-8(14)12(13)11-9(15-2)6-5-7-10(11)16-3/h5-8,12,14H,4,13H2,1-3H3/t8-,12-/m1/s1. The summed E-state index contributed by atoms with van der Waals surface area (Å²) >= 11 is 0. The monoisotopic (exact) mass is 225 g/mol. The highest BCUT2D eigenvalue weighted by Crippen LogP contribution is 2.34. The first-order valence-electron chi connectivity index (χ1n) is 5.30. The lowest BCUT2D eigenvalue weighted by Crippen LogP contribution is -2.26. The van der Waals surface area contributed by atoms with Crippen LogP contribution >= 0.6 is 0 Å². The average Bonchev–Trinajstić information content (AvgIpc) is 2.35. The third kappa shape index (κ3) is 2.46. The molecule has 0 bridgehead atoms. The van der Waals surface area contributed by atoms with Crippen molar-refractivity contribution in [2.24, 2.45) is 5.73 Å². The molecule has 0 amide bonds. The van der Waals surface area contributed by atoms with E-state index in [1.54, 1.807) is 26.4 Å². The Morgan fingerprint density at radius 2 is 1.75 bits per heavy atom. The summed E-state index contributed by atoms with van der Waals surface area (Å²) in [5.74, 6) is 1.28. The molecule has 0 unspecified atom stereocenters. The molecule has 0 aromatic heterocycles. The molecule has 0 fully saturated rings. The van der Waals surface area contributed by atoms with Gasteiger partial charge in [0, 0.05) is 0 Å². The third-order valence-corrected chi connectivity index (χ3v) is 2.63. The van der Waals surface area contributed by atoms with Crippen LogP contribution in [-0.4, -0.2) is 25.4 Å². The molecule has 0 saturated carbocycles. The number of benzene rings is 1. The van der Waals surface area contributed by atoms with Gasteiger partial charge < -0.3 is 20.3 Å². The van der Waals surface area contributed by atoms with Crippen LogP contribution in [0, 0.1) is 0 Å². The summed E-state index contributed by atoms with van der Waals surface area (Å²) in [6.45, 7) is 1.88. The fourth-order valence-corrected chi connectivity index (χ4v) is 1.65. The second kappa shape index (κ2) is 5.72. The topological polar surface area (TPSA) is 64.7 Å². The molecule has 0 aliphatic carbocycles. The first-order valence-corrected chi connectivity index (χ1v) is 5.30. The summed E-state index contributed by atoms with van der Waals surface area (Å²) in [7, 11) is 3.15. The summed E-state index contributed by atoms with van der Waals surface area (Å²) in [5.41, 5.74) is 6.70. The van der Waals surface area contributed by atoms with E-state index in [9.17, 15) is 5.11 Å². The average molecular weight is 225 g/mol. The minimum atomic E-state index is -0.606. The van der Waals surface area contributed by atoms with Crippen LogP contribution in [0.15, 0.2) is 18.2 Å². The lowest BCUT2D eigenvalue weighted by atomic mass is 9.98. The molecule has 1 aromatic carbocycles. The van der Waals surface area contributed by atoms with E-state index in [0.717, 1.165) is 0 Å². The fourth-order valence-electron chi connectivity index (χ4n) is 1.65. The van der Waals surface area contributed by atoms with Crippen LogP contribution in [-0.2, 0) is 0 Å². The zero-order chi connectivity index (χ0) is 12.1. The summed E-state index contributed by atoms with van der Waals surface area (Å²) in [4.78, 5) is 0. The van der Waals surface area contributed by atoms with Gasteiger partial charge in [0.05, 0.1) is 31.9 Å². The maximum Gasteiger partial charge on any atom is 0.127 e. The second-order valence-electron chi connectivity index (χ2n) is 3.58. The maximum absolute atomic E-state index is 9.78. The van der Waals surface area contributed by atoms with E-state index in [0.29, 0.717) is 23.5 Å². The molecule has 16 heavy (non-hydrogen) atoms. The second-order valence-corrected chi connectivity index (χ2v) is 3.58. The number of ether oxygens (including phenoxy) is 2. The molecule has 0 radical (unpaired) electrons. The SMILES string of the molecule is CC[C@@H](O)[C@@H](N)c1c(OC)cccc1OC. The molecular formula is C12H19NO3. The van der Waals surface area contributed by atoms with E-state index < -0.39 is 12.1 Å². The Morgan fingerprint density at radius 3 is 2.12 bits per heavy atom. The van der Waals surface area contributed by atoms with Crippen molar-refractivity contribution in [2.45, 2.75) is 25.5 Å². The van der Waals surface area contributed by atoms with Crippen molar-refractivity contribution < 1.29 is 14.6 Å². The van der Waals surface area contributed by atoms with Crippen molar-refractivity contribution in [3.05, 3.63) is 23.8 Å². The molecule has 0 aliphatic rings. The molecule has 0 aliphatic heterocycles. The Balaban J connectivity index is 3.17. The molecule has 0 spiro atoms. The number of rotatable bonds is 5. The van der Waals surface area contributed by atoms with Gasteiger partial charge in [-0.15, -0.1) is 0 Å². The summed E-state index contributed by atoms with van der Waals surface area (Å²) in [6.07, 6.45) is -0.0206. The fraction of sp³-hybridized carbons (Fsp3) is 0.500. The van der Waals surface area contributed by atoms with Crippen LogP contribution in [0.3, 0.4) is 0 Å². The molecule has 90 valence electrons. The first kappa shape index (κ1) is 12.8. The number of nitrogens with two attached hydrogens (primary N) is 1. The molecule has 1 aromatic rings. The van der Waals surface area contributed by atoms with Gasteiger partial charge in [0.25, 0.3) is 0 Å². The number of aliphatic hydroxyl groups excluding tert-OH is 1. The first-order chi connectivity index (χ1) is 7.65. The van der Waals surface area contributed by atoms with E-state index in [4.69, 9.17) is 15.2 Å². The highest BCUT2D eigenvalue weighted by molar-refractivity contribution is 5.47. The van der Waals surface area contributed by atoms with Crippen LogP contribution in [0.2, 0.25) is 0 Å². The summed E-state index contributed by atoms with van der Waals surface area (Å²) in [5, 5.41) is 9.78. The van der Waals surface area contributed by atoms with Crippen molar-refractivity contribution in [1.29, 1.82) is 0 Å². The lowest BCUT2D eigenvalue weighted by molar-refractivity contribution is 0.138. The van der Waals surface area contributed by atoms with Gasteiger partial charge in [-0.25, -0.2) is 0 Å². The van der Waals surface area contributed by atoms with Gasteiger partial charge in [-0.2, -0.15) is 0 Å². The van der Waals surface area contributed by atoms with E-state index in [-0.39, 0.29) is 0 Å². The number of aliphatic hydroxyl groups is 1. The van der Waals surface area contributed by atoms with Gasteiger partial charge in [0.1, 0.15) is 11.5 Å². The molecule has 4 heteroatoms. The predicted octanol–water partition coefficient (Wildman–Crippen LogP) is 1.47. The van der Waals surface area contributed by atoms with Crippen molar-refractivity contribution in [3.8, 4) is 11.5 Å². The summed E-state index contributed by atoms with van der Waals surface area (Å²) < 4.78 is 10.5. The van der Waals surface area contributed by atoms with Crippen LogP contribution in [0.25, 0.3) is 0 Å². The quantitative estimate of drug-likeness (QED) is 0.796. The molecule has 3 N–H and O–H groups in total. The Bertz CT molecular complexity index is 319. The van der Waals surface area contributed by atoms with Crippen LogP contribution in [0.5, 0.6) is 11.5 Å². The third-order valence-electron chi connectivity index (χ3n) is 2.63. The molecule has 0 saturated heterocycles. The van der Waals surface area contributed by atoms with Crippen LogP contribution in [0.4, 0.5) is 0 Å². The molecule has 2 atom stereocenters. The lowest BCUT2D eigenvalue weighted by Gasteiger charge is -2.22. The molecule has 0 heterocycles. The van der Waals surface area contributed by atoms with Gasteiger partial charge in [0.2, 0.25) is 0 Å². The number of hydrogen-bond acceptors (Lipinski definition) is 4. The van der Waals surface area contributed by atoms with Crippen molar-refractivity contribution in [3.63, 3.8) is 0 Å². The normalized spacial score (nSPS) is 14.3. The minimum Gasteiger partial charge on any atom is -0.496 e. The van der Waals surface area contributed by atoms with Crippen molar-refractivity contribution in [1.82, 2.24) is 0 Å². The Morgan fingerprint density at radius 1 is 1.25 bits per heavy atom. The van der Waals surface area contributed by atoms with Gasteiger partial charge in [-0.3, -0.25) is 0 Å². The Hall–Kier alpha value is -1.26. The van der Waals surface area contributed by atoms with E-state index in [1.165, 1.54) is 0 Å². The van der Waals surface area contributed by atoms with Gasteiger partial charge in [-0.1, -0.05) is 13.0 Å². The van der Waals surface area contributed by atoms with Crippen LogP contribution in [0.1, 0.15) is 24.9 Å². The van der Waals surface area contributed by atoms with Gasteiger partial charge in [-0.05, 0) is 18.6 Å². The zero-order valence-electron chi connectivity index (χ0n) is 9.93. The predicted molar refractivity (Wildman–Crippen MR) is 62.8 cm³/mol. The maximum atomic E-state index is 9.78. The number of methoxy groups -OCH3 is 2. The van der Waals surface area contributed by atoms with Gasteiger partial charge in [0.15, 0.2) is 0 Å². The highest BCUT2D eigenvalue weighted by Gasteiger charge is 2.22. The van der Waals surface area contributed by atoms with Gasteiger partial charge >= 0.3 is 0 Å². The highest BCUT2D eigenvalue weighted by atomic mass is 16.5. The smallest absolute Gasteiger partial charge is 0.127 e. The minimum absolute atomic E-state index is 0.504. The molecule has 4 nitrogen and oxygen atoms in total. The number of hydrogen-bond donors (Lipinski definition) is 2. The molecule has 1 rings (SSSR count).